The van der Waals surface area contributed by atoms with Crippen LogP contribution in [0.25, 0.3) is 0 Å². The summed E-state index contributed by atoms with van der Waals surface area (Å²) in [6.07, 6.45) is 11.7. The van der Waals surface area contributed by atoms with E-state index in [1.54, 1.807) is 18.6 Å². The van der Waals surface area contributed by atoms with Crippen LogP contribution < -0.4 is 10.2 Å². The van der Waals surface area contributed by atoms with Crippen molar-refractivity contribution in [2.24, 2.45) is 0 Å². The predicted molar refractivity (Wildman–Crippen MR) is 136 cm³/mol. The van der Waals surface area contributed by atoms with Gasteiger partial charge in [-0.05, 0) is 42.0 Å². The van der Waals surface area contributed by atoms with Crippen LogP contribution in [-0.2, 0) is 10.2 Å². The Bertz CT molecular complexity index is 1170. The summed E-state index contributed by atoms with van der Waals surface area (Å²) in [6, 6.07) is 13.4. The predicted octanol–water partition coefficient (Wildman–Crippen LogP) is 5.37. The molecule has 3 aromatic rings. The van der Waals surface area contributed by atoms with E-state index >= 15 is 0 Å². The van der Waals surface area contributed by atoms with Gasteiger partial charge in [-0.1, -0.05) is 58.2 Å². The van der Waals surface area contributed by atoms with Crippen molar-refractivity contribution in [2.75, 3.05) is 4.90 Å². The zero-order chi connectivity index (χ0) is 24.8. The van der Waals surface area contributed by atoms with Crippen molar-refractivity contribution >= 4 is 17.3 Å². The molecule has 2 aromatic heterocycles. The SMILES string of the molecule is CC(C)(C)c1ccc(N(c2cncnc2C#N)C(C(=O)NC2CCCCC2)c2cccnc2)cc1. The lowest BCUT2D eigenvalue weighted by molar-refractivity contribution is -0.123. The highest BCUT2D eigenvalue weighted by molar-refractivity contribution is 5.90. The van der Waals surface area contributed by atoms with Gasteiger partial charge in [0.2, 0.25) is 5.91 Å². The summed E-state index contributed by atoms with van der Waals surface area (Å²) in [5.41, 5.74) is 3.35. The molecular formula is C28H32N6O. The van der Waals surface area contributed by atoms with Crippen LogP contribution in [0.3, 0.4) is 0 Å². The molecule has 35 heavy (non-hydrogen) atoms. The van der Waals surface area contributed by atoms with E-state index in [0.717, 1.165) is 36.9 Å². The molecule has 0 saturated heterocycles. The lowest BCUT2D eigenvalue weighted by Crippen LogP contribution is -2.44. The third kappa shape index (κ3) is 5.65. The molecule has 1 fully saturated rings. The van der Waals surface area contributed by atoms with Gasteiger partial charge < -0.3 is 10.2 Å². The summed E-state index contributed by atoms with van der Waals surface area (Å²) in [4.78, 5) is 28.5. The summed E-state index contributed by atoms with van der Waals surface area (Å²) in [7, 11) is 0. The number of nitrogens with one attached hydrogen (secondary N) is 1. The first-order valence-corrected chi connectivity index (χ1v) is 12.2. The van der Waals surface area contributed by atoms with Crippen LogP contribution in [0.5, 0.6) is 0 Å². The Labute approximate surface area is 207 Å². The summed E-state index contributed by atoms with van der Waals surface area (Å²) >= 11 is 0. The molecule has 2 heterocycles. The van der Waals surface area contributed by atoms with E-state index in [4.69, 9.17) is 0 Å². The van der Waals surface area contributed by atoms with E-state index in [-0.39, 0.29) is 23.1 Å². The van der Waals surface area contributed by atoms with Crippen molar-refractivity contribution in [3.63, 3.8) is 0 Å². The Morgan fingerprint density at radius 1 is 1.09 bits per heavy atom. The van der Waals surface area contributed by atoms with Gasteiger partial charge in [-0.15, -0.1) is 0 Å². The van der Waals surface area contributed by atoms with Crippen LogP contribution in [0.1, 0.15) is 75.7 Å². The van der Waals surface area contributed by atoms with Gasteiger partial charge in [0.15, 0.2) is 5.69 Å². The maximum Gasteiger partial charge on any atom is 0.248 e. The smallest absolute Gasteiger partial charge is 0.248 e. The summed E-state index contributed by atoms with van der Waals surface area (Å²) in [5.74, 6) is -0.127. The number of amides is 1. The molecule has 180 valence electrons. The van der Waals surface area contributed by atoms with E-state index in [1.165, 1.54) is 18.3 Å². The van der Waals surface area contributed by atoms with Crippen LogP contribution in [0.2, 0.25) is 0 Å². The number of nitrogens with zero attached hydrogens (tertiary/aromatic N) is 5. The Hall–Kier alpha value is -3.79. The number of pyridine rings is 1. The second kappa shape index (κ2) is 10.6. The zero-order valence-electron chi connectivity index (χ0n) is 20.6. The molecule has 4 rings (SSSR count). The summed E-state index contributed by atoms with van der Waals surface area (Å²) in [6.45, 7) is 6.48. The van der Waals surface area contributed by atoms with E-state index in [2.05, 4.69) is 59.2 Å². The van der Waals surface area contributed by atoms with Crippen molar-refractivity contribution < 1.29 is 4.79 Å². The first kappa shape index (κ1) is 24.3. The molecule has 1 saturated carbocycles. The molecule has 1 unspecified atom stereocenters. The largest absolute Gasteiger partial charge is 0.351 e. The van der Waals surface area contributed by atoms with E-state index in [1.807, 2.05) is 29.2 Å². The van der Waals surface area contributed by atoms with Crippen LogP contribution in [0.4, 0.5) is 11.4 Å². The number of nitriles is 1. The summed E-state index contributed by atoms with van der Waals surface area (Å²) in [5, 5.41) is 13.1. The van der Waals surface area contributed by atoms with Gasteiger partial charge >= 0.3 is 0 Å². The van der Waals surface area contributed by atoms with E-state index < -0.39 is 6.04 Å². The number of rotatable bonds is 6. The maximum absolute atomic E-state index is 13.9. The van der Waals surface area contributed by atoms with Gasteiger partial charge in [0.1, 0.15) is 18.4 Å². The van der Waals surface area contributed by atoms with Gasteiger partial charge in [-0.2, -0.15) is 5.26 Å². The van der Waals surface area contributed by atoms with Gasteiger partial charge in [0, 0.05) is 29.7 Å². The Kier molecular flexibility index (Phi) is 7.40. The van der Waals surface area contributed by atoms with Crippen LogP contribution in [-0.4, -0.2) is 26.9 Å². The second-order valence-electron chi connectivity index (χ2n) is 10.1. The molecule has 0 spiro atoms. The quantitative estimate of drug-likeness (QED) is 0.523. The van der Waals surface area contributed by atoms with Gasteiger partial charge in [-0.25, -0.2) is 9.97 Å². The second-order valence-corrected chi connectivity index (χ2v) is 10.1. The standard InChI is InChI=1S/C28H32N6O/c1-28(2,3)21-11-13-23(14-12-21)34(25-18-31-19-32-24(25)16-29)26(20-8-7-15-30-17-20)27(35)33-22-9-5-4-6-10-22/h7-8,11-15,17-19,22,26H,4-6,9-10H2,1-3H3,(H,33,35). The molecule has 1 N–H and O–H groups in total. The molecule has 1 atom stereocenters. The van der Waals surface area contributed by atoms with Crippen molar-refractivity contribution in [1.29, 1.82) is 5.26 Å². The molecule has 1 aromatic carbocycles. The number of benzene rings is 1. The fraction of sp³-hybridized carbons (Fsp3) is 0.393. The van der Waals surface area contributed by atoms with Crippen molar-refractivity contribution in [3.8, 4) is 6.07 Å². The molecule has 0 radical (unpaired) electrons. The highest BCUT2D eigenvalue weighted by atomic mass is 16.2. The monoisotopic (exact) mass is 468 g/mol. The lowest BCUT2D eigenvalue weighted by Gasteiger charge is -2.35. The molecule has 0 bridgehead atoms. The molecular weight excluding hydrogens is 436 g/mol. The van der Waals surface area contributed by atoms with E-state index in [9.17, 15) is 10.1 Å². The molecule has 0 aliphatic heterocycles. The van der Waals surface area contributed by atoms with Gasteiger partial charge in [-0.3, -0.25) is 9.78 Å². The first-order chi connectivity index (χ1) is 16.9. The minimum atomic E-state index is -0.746. The molecule has 7 nitrogen and oxygen atoms in total. The average Bonchev–Trinajstić information content (AvgIpc) is 2.88. The van der Waals surface area contributed by atoms with Gasteiger partial charge in [0.25, 0.3) is 0 Å². The van der Waals surface area contributed by atoms with Crippen LogP contribution in [0, 0.1) is 11.3 Å². The topological polar surface area (TPSA) is 94.8 Å². The number of hydrogen-bond donors (Lipinski definition) is 1. The van der Waals surface area contributed by atoms with Crippen molar-refractivity contribution in [2.45, 2.75) is 70.4 Å². The Morgan fingerprint density at radius 2 is 1.83 bits per heavy atom. The average molecular weight is 469 g/mol. The molecule has 1 aliphatic carbocycles. The van der Waals surface area contributed by atoms with Gasteiger partial charge in [0.05, 0.1) is 11.9 Å². The lowest BCUT2D eigenvalue weighted by atomic mass is 9.87. The number of hydrogen-bond acceptors (Lipinski definition) is 6. The fourth-order valence-corrected chi connectivity index (χ4v) is 4.62. The molecule has 1 aliphatic rings. The third-order valence-corrected chi connectivity index (χ3v) is 6.53. The van der Waals surface area contributed by atoms with E-state index in [0.29, 0.717) is 5.69 Å². The number of carbonyl (C=O) groups is 1. The minimum absolute atomic E-state index is 0.0157. The Balaban J connectivity index is 1.84. The van der Waals surface area contributed by atoms with Crippen LogP contribution in [0.15, 0.2) is 61.3 Å². The molecule has 1 amide bonds. The van der Waals surface area contributed by atoms with Crippen molar-refractivity contribution in [1.82, 2.24) is 20.3 Å². The highest BCUT2D eigenvalue weighted by Gasteiger charge is 2.33. The zero-order valence-corrected chi connectivity index (χ0v) is 20.6. The molecule has 7 heteroatoms. The Morgan fingerprint density at radius 3 is 2.46 bits per heavy atom. The highest BCUT2D eigenvalue weighted by Crippen LogP contribution is 2.37. The van der Waals surface area contributed by atoms with Crippen LogP contribution >= 0.6 is 0 Å². The maximum atomic E-state index is 13.9. The number of aromatic nitrogens is 3. The normalized spacial score (nSPS) is 15.1. The number of anilines is 2. The first-order valence-electron chi connectivity index (χ1n) is 12.2. The minimum Gasteiger partial charge on any atom is -0.351 e. The number of carbonyl (C=O) groups excluding carboxylic acids is 1. The summed E-state index contributed by atoms with van der Waals surface area (Å²) < 4.78 is 0. The third-order valence-electron chi connectivity index (χ3n) is 6.53. The van der Waals surface area contributed by atoms with Crippen molar-refractivity contribution in [3.05, 3.63) is 78.1 Å². The fourth-order valence-electron chi connectivity index (χ4n) is 4.62.